The Balaban J connectivity index is 1.98. The number of benzene rings is 1. The highest BCUT2D eigenvalue weighted by molar-refractivity contribution is 5.79. The minimum atomic E-state index is -4.35. The van der Waals surface area contributed by atoms with Crippen molar-refractivity contribution in [1.82, 2.24) is 4.90 Å². The number of alkyl halides is 3. The van der Waals surface area contributed by atoms with Gasteiger partial charge in [-0.25, -0.2) is 0 Å². The van der Waals surface area contributed by atoms with E-state index in [1.807, 2.05) is 6.92 Å². The molecule has 0 aliphatic carbocycles. The van der Waals surface area contributed by atoms with Crippen LogP contribution < -0.4 is 5.73 Å². The van der Waals surface area contributed by atoms with E-state index >= 15 is 0 Å². The molecule has 0 aromatic heterocycles. The summed E-state index contributed by atoms with van der Waals surface area (Å²) in [5.74, 6) is -0.0630. The van der Waals surface area contributed by atoms with Gasteiger partial charge in [-0.15, -0.1) is 0 Å². The second kappa shape index (κ2) is 5.67. The minimum absolute atomic E-state index is 0.0458. The van der Waals surface area contributed by atoms with Crippen molar-refractivity contribution in [1.29, 1.82) is 0 Å². The number of carbonyl (C=O) groups excluding carboxylic acids is 1. The third-order valence-corrected chi connectivity index (χ3v) is 4.04. The van der Waals surface area contributed by atoms with Crippen molar-refractivity contribution >= 4 is 5.91 Å². The molecule has 21 heavy (non-hydrogen) atoms. The van der Waals surface area contributed by atoms with Crippen molar-refractivity contribution in [3.8, 4) is 0 Å². The van der Waals surface area contributed by atoms with E-state index in [2.05, 4.69) is 0 Å². The van der Waals surface area contributed by atoms with Gasteiger partial charge >= 0.3 is 6.18 Å². The summed E-state index contributed by atoms with van der Waals surface area (Å²) in [5, 5.41) is 0. The molecule has 1 unspecified atom stereocenters. The molecule has 116 valence electrons. The standard InChI is InChI=1S/C15H19F3N2O/c1-14(9-19)6-7-20(10-14)13(21)8-11-2-4-12(5-3-11)15(16,17)18/h2-5H,6-10,19H2,1H3. The SMILES string of the molecule is CC1(CN)CCN(C(=O)Cc2ccc(C(F)(F)F)cc2)C1. The normalized spacial score (nSPS) is 22.6. The quantitative estimate of drug-likeness (QED) is 0.932. The molecular formula is C15H19F3N2O. The van der Waals surface area contributed by atoms with Crippen molar-refractivity contribution in [2.24, 2.45) is 11.1 Å². The van der Waals surface area contributed by atoms with E-state index in [9.17, 15) is 18.0 Å². The number of amides is 1. The van der Waals surface area contributed by atoms with Crippen LogP contribution in [0.15, 0.2) is 24.3 Å². The number of rotatable bonds is 3. The van der Waals surface area contributed by atoms with E-state index in [0.29, 0.717) is 25.2 Å². The summed E-state index contributed by atoms with van der Waals surface area (Å²) in [5.41, 5.74) is 5.54. The number of likely N-dealkylation sites (tertiary alicyclic amines) is 1. The van der Waals surface area contributed by atoms with Crippen LogP contribution >= 0.6 is 0 Å². The molecular weight excluding hydrogens is 281 g/mol. The van der Waals surface area contributed by atoms with Crippen molar-refractivity contribution in [3.63, 3.8) is 0 Å². The van der Waals surface area contributed by atoms with Gasteiger partial charge in [-0.1, -0.05) is 19.1 Å². The van der Waals surface area contributed by atoms with Crippen LogP contribution in [-0.2, 0) is 17.4 Å². The monoisotopic (exact) mass is 300 g/mol. The molecule has 1 fully saturated rings. The summed E-state index contributed by atoms with van der Waals surface area (Å²) in [6.07, 6.45) is -3.36. The van der Waals surface area contributed by atoms with Crippen LogP contribution in [0.4, 0.5) is 13.2 Å². The molecule has 3 nitrogen and oxygen atoms in total. The first-order valence-corrected chi connectivity index (χ1v) is 6.87. The third kappa shape index (κ3) is 3.75. The second-order valence-electron chi connectivity index (χ2n) is 5.95. The van der Waals surface area contributed by atoms with Gasteiger partial charge in [0.05, 0.1) is 12.0 Å². The molecule has 2 N–H and O–H groups in total. The lowest BCUT2D eigenvalue weighted by Crippen LogP contribution is -2.35. The smallest absolute Gasteiger partial charge is 0.342 e. The van der Waals surface area contributed by atoms with Crippen LogP contribution in [0.3, 0.4) is 0 Å². The first-order valence-electron chi connectivity index (χ1n) is 6.87. The highest BCUT2D eigenvalue weighted by atomic mass is 19.4. The summed E-state index contributed by atoms with van der Waals surface area (Å²) in [4.78, 5) is 13.9. The van der Waals surface area contributed by atoms with Crippen molar-refractivity contribution in [3.05, 3.63) is 35.4 Å². The maximum absolute atomic E-state index is 12.5. The molecule has 1 aliphatic heterocycles. The Kier molecular flexibility index (Phi) is 4.27. The molecule has 1 heterocycles. The molecule has 0 radical (unpaired) electrons. The van der Waals surface area contributed by atoms with Crippen LogP contribution in [0.25, 0.3) is 0 Å². The van der Waals surface area contributed by atoms with Gasteiger partial charge in [-0.2, -0.15) is 13.2 Å². The average molecular weight is 300 g/mol. The zero-order chi connectivity index (χ0) is 15.7. The molecule has 1 saturated heterocycles. The van der Waals surface area contributed by atoms with E-state index < -0.39 is 11.7 Å². The Morgan fingerprint density at radius 2 is 1.95 bits per heavy atom. The molecule has 1 aromatic carbocycles. The first kappa shape index (κ1) is 15.8. The molecule has 0 saturated carbocycles. The van der Waals surface area contributed by atoms with Crippen molar-refractivity contribution in [2.45, 2.75) is 25.9 Å². The molecule has 6 heteroatoms. The van der Waals surface area contributed by atoms with E-state index in [1.165, 1.54) is 12.1 Å². The topological polar surface area (TPSA) is 46.3 Å². The van der Waals surface area contributed by atoms with E-state index in [4.69, 9.17) is 5.73 Å². The Morgan fingerprint density at radius 1 is 1.33 bits per heavy atom. The Morgan fingerprint density at radius 3 is 2.43 bits per heavy atom. The Labute approximate surface area is 121 Å². The zero-order valence-corrected chi connectivity index (χ0v) is 11.9. The molecule has 0 bridgehead atoms. The van der Waals surface area contributed by atoms with Gasteiger partial charge in [-0.3, -0.25) is 4.79 Å². The van der Waals surface area contributed by atoms with Crippen LogP contribution in [0, 0.1) is 5.41 Å². The Hall–Kier alpha value is -1.56. The summed E-state index contributed by atoms with van der Waals surface area (Å²) < 4.78 is 37.4. The highest BCUT2D eigenvalue weighted by Gasteiger charge is 2.35. The number of nitrogens with zero attached hydrogens (tertiary/aromatic N) is 1. The van der Waals surface area contributed by atoms with Gasteiger partial charge in [0.25, 0.3) is 0 Å². The number of nitrogens with two attached hydrogens (primary N) is 1. The molecule has 1 amide bonds. The lowest BCUT2D eigenvalue weighted by molar-refractivity contribution is -0.137. The van der Waals surface area contributed by atoms with Gasteiger partial charge in [-0.05, 0) is 36.1 Å². The molecule has 1 aromatic rings. The lowest BCUT2D eigenvalue weighted by Gasteiger charge is -2.22. The third-order valence-electron chi connectivity index (χ3n) is 4.04. The maximum Gasteiger partial charge on any atom is 0.416 e. The number of carbonyl (C=O) groups is 1. The first-order chi connectivity index (χ1) is 9.73. The fourth-order valence-electron chi connectivity index (χ4n) is 2.50. The molecule has 1 atom stereocenters. The van der Waals surface area contributed by atoms with Gasteiger partial charge in [0.15, 0.2) is 0 Å². The van der Waals surface area contributed by atoms with Crippen molar-refractivity contribution < 1.29 is 18.0 Å². The summed E-state index contributed by atoms with van der Waals surface area (Å²) >= 11 is 0. The number of hydrogen-bond acceptors (Lipinski definition) is 2. The largest absolute Gasteiger partial charge is 0.416 e. The summed E-state index contributed by atoms with van der Waals surface area (Å²) in [6.45, 7) is 3.84. The number of halogens is 3. The lowest BCUT2D eigenvalue weighted by atomic mass is 9.90. The van der Waals surface area contributed by atoms with Crippen LogP contribution in [0.2, 0.25) is 0 Å². The van der Waals surface area contributed by atoms with Crippen LogP contribution in [0.1, 0.15) is 24.5 Å². The van der Waals surface area contributed by atoms with E-state index in [0.717, 1.165) is 18.6 Å². The summed E-state index contributed by atoms with van der Waals surface area (Å²) in [7, 11) is 0. The molecule has 2 rings (SSSR count). The van der Waals surface area contributed by atoms with Crippen LogP contribution in [0.5, 0.6) is 0 Å². The van der Waals surface area contributed by atoms with Crippen molar-refractivity contribution in [2.75, 3.05) is 19.6 Å². The fraction of sp³-hybridized carbons (Fsp3) is 0.533. The van der Waals surface area contributed by atoms with Gasteiger partial charge < -0.3 is 10.6 Å². The highest BCUT2D eigenvalue weighted by Crippen LogP contribution is 2.30. The maximum atomic E-state index is 12.5. The fourth-order valence-corrected chi connectivity index (χ4v) is 2.50. The average Bonchev–Trinajstić information content (AvgIpc) is 2.82. The molecule has 0 spiro atoms. The van der Waals surface area contributed by atoms with Crippen LogP contribution in [-0.4, -0.2) is 30.4 Å². The predicted molar refractivity (Wildman–Crippen MR) is 73.5 cm³/mol. The number of hydrogen-bond donors (Lipinski definition) is 1. The molecule has 1 aliphatic rings. The predicted octanol–water partition coefficient (Wildman–Crippen LogP) is 2.45. The van der Waals surface area contributed by atoms with E-state index in [1.54, 1.807) is 4.90 Å². The summed E-state index contributed by atoms with van der Waals surface area (Å²) in [6, 6.07) is 4.74. The van der Waals surface area contributed by atoms with Gasteiger partial charge in [0.1, 0.15) is 0 Å². The Bertz CT molecular complexity index is 513. The zero-order valence-electron chi connectivity index (χ0n) is 11.9. The van der Waals surface area contributed by atoms with Gasteiger partial charge in [0, 0.05) is 13.1 Å². The van der Waals surface area contributed by atoms with Gasteiger partial charge in [0.2, 0.25) is 5.91 Å². The van der Waals surface area contributed by atoms with E-state index in [-0.39, 0.29) is 17.7 Å². The second-order valence-corrected chi connectivity index (χ2v) is 5.95. The minimum Gasteiger partial charge on any atom is -0.342 e.